The van der Waals surface area contributed by atoms with E-state index in [0.717, 1.165) is 62.4 Å². The quantitative estimate of drug-likeness (QED) is 0.170. The van der Waals surface area contributed by atoms with Gasteiger partial charge in [0.1, 0.15) is 41.7 Å². The van der Waals surface area contributed by atoms with Crippen molar-refractivity contribution < 1.29 is 62.1 Å². The Morgan fingerprint density at radius 3 is 1.70 bits per heavy atom. The first-order chi connectivity index (χ1) is 32.5. The number of rotatable bonds is 12. The highest BCUT2D eigenvalue weighted by molar-refractivity contribution is 5.97. The molecule has 0 aromatic heterocycles. The first-order valence-electron chi connectivity index (χ1n) is 23.9. The van der Waals surface area contributed by atoms with Crippen LogP contribution in [-0.2, 0) is 49.2 Å². The van der Waals surface area contributed by atoms with Crippen LogP contribution < -0.4 is 20.1 Å². The van der Waals surface area contributed by atoms with Crippen molar-refractivity contribution in [3.8, 4) is 11.5 Å². The third-order valence-corrected chi connectivity index (χ3v) is 16.4. The van der Waals surface area contributed by atoms with Crippen LogP contribution in [0.2, 0.25) is 0 Å². The maximum absolute atomic E-state index is 15.1. The minimum atomic E-state index is -1.03. The second-order valence-corrected chi connectivity index (χ2v) is 19.0. The molecule has 0 radical (unpaired) electrons. The molecule has 366 valence electrons. The number of methoxy groups -OCH3 is 4. The van der Waals surface area contributed by atoms with E-state index in [9.17, 15) is 19.8 Å². The second-order valence-electron chi connectivity index (χ2n) is 19.0. The number of piperidine rings is 4. The zero-order valence-corrected chi connectivity index (χ0v) is 39.6. The molecule has 2 aromatic rings. The molecule has 0 bridgehead atoms. The largest absolute Gasteiger partial charge is 0.504 e. The van der Waals surface area contributed by atoms with Crippen molar-refractivity contribution in [2.24, 2.45) is 23.7 Å². The van der Waals surface area contributed by atoms with E-state index in [1.165, 1.54) is 25.7 Å². The first-order valence-corrected chi connectivity index (χ1v) is 23.9. The van der Waals surface area contributed by atoms with Gasteiger partial charge in [0, 0.05) is 43.0 Å². The molecule has 67 heavy (non-hydrogen) atoms. The van der Waals surface area contributed by atoms with Crippen LogP contribution in [0.4, 0.5) is 15.8 Å². The van der Waals surface area contributed by atoms with Gasteiger partial charge in [0.15, 0.2) is 23.0 Å². The summed E-state index contributed by atoms with van der Waals surface area (Å²) >= 11 is 0. The molecule has 2 aromatic carbocycles. The number of carbonyl (C=O) groups is 2. The van der Waals surface area contributed by atoms with Gasteiger partial charge in [-0.15, -0.1) is 0 Å². The van der Waals surface area contributed by atoms with E-state index in [4.69, 9.17) is 37.9 Å². The number of benzene rings is 2. The van der Waals surface area contributed by atoms with Crippen molar-refractivity contribution in [2.45, 2.75) is 87.1 Å². The molecule has 8 heterocycles. The van der Waals surface area contributed by atoms with Crippen molar-refractivity contribution in [1.82, 2.24) is 9.80 Å². The van der Waals surface area contributed by atoms with E-state index in [-0.39, 0.29) is 53.1 Å². The van der Waals surface area contributed by atoms with Crippen LogP contribution in [0.3, 0.4) is 0 Å². The van der Waals surface area contributed by atoms with Crippen molar-refractivity contribution in [2.75, 3.05) is 105 Å². The SMILES string of the molecule is CC[C@@H]1CN2CC[C@@]34OCCO[C@@]3(Nc3c(F)ccc(OC)c34)[C@@H]2C[C@@H]1/C(=C\OC)C(=O)CO.CC[C@@H]1CN2CC[C@@]34OCCO[C@@]3(Nc3cccc(OC)c34)[C@@H]2C[C@@H]1/C(=C\OC)C(=O)CO. The molecule has 16 nitrogen and oxygen atoms in total. The number of hydrogen-bond acceptors (Lipinski definition) is 16. The number of nitrogens with one attached hydrogen (secondary N) is 2. The van der Waals surface area contributed by atoms with Gasteiger partial charge >= 0.3 is 0 Å². The number of aliphatic hydroxyl groups excluding tert-OH is 2. The lowest BCUT2D eigenvalue weighted by molar-refractivity contribution is -0.297. The summed E-state index contributed by atoms with van der Waals surface area (Å²) in [5.74, 6) is 0.681. The third kappa shape index (κ3) is 7.20. The highest BCUT2D eigenvalue weighted by atomic mass is 19.1. The molecular weight excluding hydrogens is 868 g/mol. The van der Waals surface area contributed by atoms with Crippen molar-refractivity contribution >= 4 is 22.9 Å². The number of halogens is 1. The summed E-state index contributed by atoms with van der Waals surface area (Å²) in [4.78, 5) is 30.3. The molecular formula is C50H67FN4O12. The standard InChI is InChI=1S/C25H33FN2O6.C25H34N2O6/c1-4-15-12-28-8-7-24-22-20(32-3)6-5-18(26)23(22)27-25(24,34-10-9-33-24)21(28)11-16(15)17(14-31-2)19(30)13-29;1-4-16-13-27-9-8-24-23-19(6-5-7-21(23)31-3)26-25(24,33-11-10-32-24)22(27)12-17(16)18(15-30-2)20(29)14-28/h5-6,14-16,21,27,29H,4,7-13H2,1-3H3;5-7,15-17,22,26,28H,4,8-14H2,1-3H3/b17-14+;18-15+/t15-,16+,21+,24+,25+;16-,17+,22+,24+,25+/m11/s1. The number of aliphatic hydroxyl groups is 2. The molecule has 10 atom stereocenters. The van der Waals surface area contributed by atoms with Gasteiger partial charge in [-0.2, -0.15) is 0 Å². The number of ether oxygens (including phenoxy) is 8. The molecule has 8 aliphatic heterocycles. The minimum Gasteiger partial charge on any atom is -0.504 e. The fourth-order valence-electron chi connectivity index (χ4n) is 13.6. The van der Waals surface area contributed by atoms with E-state index in [2.05, 4.69) is 40.3 Å². The first kappa shape index (κ1) is 47.7. The molecule has 10 rings (SSSR count). The summed E-state index contributed by atoms with van der Waals surface area (Å²) in [6.45, 7) is 8.18. The van der Waals surface area contributed by atoms with Gasteiger partial charge in [0.05, 0.1) is 96.3 Å². The monoisotopic (exact) mass is 934 g/mol. The van der Waals surface area contributed by atoms with Gasteiger partial charge in [-0.05, 0) is 73.6 Å². The van der Waals surface area contributed by atoms with E-state index in [0.29, 0.717) is 73.8 Å². The average Bonchev–Trinajstić information content (AvgIpc) is 3.87. The van der Waals surface area contributed by atoms with E-state index >= 15 is 4.39 Å². The Hall–Kier alpha value is -4.33. The third-order valence-electron chi connectivity index (χ3n) is 16.4. The number of carbonyl (C=O) groups excluding carboxylic acids is 2. The Morgan fingerprint density at radius 1 is 0.716 bits per heavy atom. The summed E-state index contributed by atoms with van der Waals surface area (Å²) < 4.78 is 63.4. The number of anilines is 2. The fourth-order valence-corrected chi connectivity index (χ4v) is 13.6. The molecule has 8 aliphatic rings. The molecule has 6 saturated heterocycles. The Bertz CT molecular complexity index is 2260. The van der Waals surface area contributed by atoms with Gasteiger partial charge in [0.2, 0.25) is 0 Å². The van der Waals surface area contributed by atoms with Gasteiger partial charge in [-0.3, -0.25) is 19.4 Å². The summed E-state index contributed by atoms with van der Waals surface area (Å²) in [5, 5.41) is 26.4. The number of Topliss-reactive ketones (excluding diaryl/α,β-unsaturated/α-hetero) is 2. The van der Waals surface area contributed by atoms with E-state index in [1.54, 1.807) is 27.4 Å². The second kappa shape index (κ2) is 18.9. The van der Waals surface area contributed by atoms with Gasteiger partial charge < -0.3 is 58.7 Å². The van der Waals surface area contributed by atoms with Crippen molar-refractivity contribution in [1.29, 1.82) is 0 Å². The van der Waals surface area contributed by atoms with Crippen LogP contribution in [0, 0.1) is 29.5 Å². The maximum Gasteiger partial charge on any atom is 0.188 e. The van der Waals surface area contributed by atoms with Gasteiger partial charge in [0.25, 0.3) is 0 Å². The molecule has 0 spiro atoms. The fraction of sp³-hybridized carbons (Fsp3) is 0.640. The predicted octanol–water partition coefficient (Wildman–Crippen LogP) is 4.68. The van der Waals surface area contributed by atoms with E-state index in [1.807, 2.05) is 12.1 Å². The van der Waals surface area contributed by atoms with Crippen LogP contribution in [0.5, 0.6) is 11.5 Å². The Labute approximate surface area is 392 Å². The average molecular weight is 935 g/mol. The zero-order chi connectivity index (χ0) is 47.3. The van der Waals surface area contributed by atoms with Crippen molar-refractivity contribution in [3.63, 3.8) is 0 Å². The lowest BCUT2D eigenvalue weighted by Gasteiger charge is -2.61. The molecule has 17 heteroatoms. The normalized spacial score (nSPS) is 35.2. The molecule has 6 fully saturated rings. The number of fused-ring (bicyclic) bond motifs is 4. The minimum absolute atomic E-state index is 0.0248. The highest BCUT2D eigenvalue weighted by Crippen LogP contribution is 2.64. The number of ketones is 2. The Kier molecular flexibility index (Phi) is 13.4. The van der Waals surface area contributed by atoms with Crippen LogP contribution in [0.15, 0.2) is 54.0 Å². The summed E-state index contributed by atoms with van der Waals surface area (Å²) in [5.41, 5.74) is 0.695. The van der Waals surface area contributed by atoms with Crippen LogP contribution >= 0.6 is 0 Å². The zero-order valence-electron chi connectivity index (χ0n) is 39.6. The summed E-state index contributed by atoms with van der Waals surface area (Å²) in [6, 6.07) is 8.83. The smallest absolute Gasteiger partial charge is 0.188 e. The van der Waals surface area contributed by atoms with Crippen LogP contribution in [0.1, 0.15) is 63.5 Å². The molecule has 0 aliphatic carbocycles. The lowest BCUT2D eigenvalue weighted by Crippen LogP contribution is -2.75. The van der Waals surface area contributed by atoms with Crippen molar-refractivity contribution in [3.05, 3.63) is 70.9 Å². The van der Waals surface area contributed by atoms with E-state index < -0.39 is 35.9 Å². The highest BCUT2D eigenvalue weighted by Gasteiger charge is 2.72. The van der Waals surface area contributed by atoms with Gasteiger partial charge in [-0.1, -0.05) is 32.8 Å². The van der Waals surface area contributed by atoms with Crippen LogP contribution in [0.25, 0.3) is 0 Å². The maximum atomic E-state index is 15.1. The molecule has 0 amide bonds. The predicted molar refractivity (Wildman–Crippen MR) is 244 cm³/mol. The van der Waals surface area contributed by atoms with Gasteiger partial charge in [-0.25, -0.2) is 4.39 Å². The Morgan fingerprint density at radius 2 is 1.21 bits per heavy atom. The topological polar surface area (TPSA) is 179 Å². The summed E-state index contributed by atoms with van der Waals surface area (Å²) in [6.07, 6.45) is 7.50. The Balaban J connectivity index is 0.000000168. The molecule has 0 unspecified atom stereocenters. The summed E-state index contributed by atoms with van der Waals surface area (Å²) in [7, 11) is 6.32. The molecule has 4 N–H and O–H groups in total. The van der Waals surface area contributed by atoms with Crippen LogP contribution in [-0.4, -0.2) is 149 Å². The number of hydrogen-bond donors (Lipinski definition) is 4. The molecule has 0 saturated carbocycles. The lowest BCUT2D eigenvalue weighted by atomic mass is 9.66. The number of nitrogens with zero attached hydrogens (tertiary/aromatic N) is 2.